The highest BCUT2D eigenvalue weighted by molar-refractivity contribution is 6.18. The lowest BCUT2D eigenvalue weighted by atomic mass is 9.82. The van der Waals surface area contributed by atoms with Gasteiger partial charge in [0, 0.05) is 67.8 Å². The maximum absolute atomic E-state index is 6.40. The Balaban J connectivity index is 0.000000186. The van der Waals surface area contributed by atoms with Crippen molar-refractivity contribution in [3.05, 3.63) is 361 Å². The Hall–Kier alpha value is -14.2. The number of nitrogens with zero attached hydrogens (tertiary/aromatic N) is 5. The molecule has 0 saturated heterocycles. The molecule has 10 heteroatoms. The van der Waals surface area contributed by atoms with Gasteiger partial charge in [0.25, 0.3) is 0 Å². The van der Waals surface area contributed by atoms with Crippen molar-refractivity contribution in [1.29, 1.82) is 0 Å². The maximum Gasteiger partial charge on any atom is 0.159 e. The Labute approximate surface area is 840 Å². The molecule has 5 heterocycles. The number of hydrogen-bond donors (Lipinski definition) is 0. The molecule has 0 N–H and O–H groups in total. The van der Waals surface area contributed by atoms with E-state index >= 15 is 0 Å². The Morgan fingerprint density at radius 1 is 0.179 bits per heavy atom. The zero-order valence-corrected chi connectivity index (χ0v) is 88.0. The summed E-state index contributed by atoms with van der Waals surface area (Å²) in [6, 6.07) is 115. The maximum atomic E-state index is 6.40. The minimum Gasteiger partial charge on any atom is -0.453 e. The molecule has 25 rings (SSSR count). The first kappa shape index (κ1) is 109. The molecule has 0 fully saturated rings. The average molecular weight is 1870 g/mol. The van der Waals surface area contributed by atoms with Crippen molar-refractivity contribution in [2.24, 2.45) is 0 Å². The molecule has 8 aliphatic rings. The van der Waals surface area contributed by atoms with Crippen molar-refractivity contribution in [3.8, 4) is 90.9 Å². The van der Waals surface area contributed by atoms with Crippen molar-refractivity contribution in [1.82, 2.24) is 0 Å². The molecule has 140 heavy (non-hydrogen) atoms. The first-order valence-electron chi connectivity index (χ1n) is 50.6. The van der Waals surface area contributed by atoms with Crippen LogP contribution in [0.15, 0.2) is 328 Å². The monoisotopic (exact) mass is 1870 g/mol. The molecule has 0 bridgehead atoms. The Bertz CT molecular complexity index is 7020. The van der Waals surface area contributed by atoms with E-state index in [2.05, 4.69) is 356 Å². The van der Waals surface area contributed by atoms with E-state index in [1.807, 2.05) is 211 Å². The van der Waals surface area contributed by atoms with Crippen molar-refractivity contribution in [3.63, 3.8) is 0 Å². The number of fused-ring (bicyclic) bond motifs is 27. The molecule has 0 aromatic heterocycles. The number of para-hydroxylation sites is 10. The van der Waals surface area contributed by atoms with E-state index in [1.54, 1.807) is 0 Å². The zero-order valence-electron chi connectivity index (χ0n) is 88.0. The van der Waals surface area contributed by atoms with Crippen LogP contribution in [0.4, 0.5) is 56.9 Å². The highest BCUT2D eigenvalue weighted by Crippen LogP contribution is 2.62. The van der Waals surface area contributed by atoms with Gasteiger partial charge in [-0.25, -0.2) is 0 Å². The lowest BCUT2D eigenvalue weighted by Gasteiger charge is -2.32. The van der Waals surface area contributed by atoms with Gasteiger partial charge in [-0.1, -0.05) is 407 Å². The summed E-state index contributed by atoms with van der Waals surface area (Å²) in [5.74, 6) is 9.27. The van der Waals surface area contributed by atoms with Gasteiger partial charge in [0.05, 0.1) is 56.9 Å². The van der Waals surface area contributed by atoms with E-state index < -0.39 is 0 Å². The minimum atomic E-state index is -0.000146. The minimum absolute atomic E-state index is 0. The van der Waals surface area contributed by atoms with Crippen LogP contribution in [0.1, 0.15) is 228 Å². The molecule has 17 aromatic rings. The smallest absolute Gasteiger partial charge is 0.159 e. The van der Waals surface area contributed by atoms with Crippen LogP contribution in [0.3, 0.4) is 0 Å². The van der Waals surface area contributed by atoms with Crippen molar-refractivity contribution < 1.29 is 23.7 Å². The summed E-state index contributed by atoms with van der Waals surface area (Å²) in [6.07, 6.45) is 0. The molecule has 730 valence electrons. The van der Waals surface area contributed by atoms with E-state index in [0.717, 1.165) is 120 Å². The van der Waals surface area contributed by atoms with Crippen molar-refractivity contribution in [2.75, 3.05) is 59.7 Å². The average Bonchev–Trinajstić information content (AvgIpc) is 1.35. The number of ether oxygens (including phenoxy) is 5. The van der Waals surface area contributed by atoms with Crippen LogP contribution >= 0.6 is 0 Å². The van der Waals surface area contributed by atoms with Gasteiger partial charge < -0.3 is 48.2 Å². The summed E-state index contributed by atoms with van der Waals surface area (Å²) < 4.78 is 31.3. The van der Waals surface area contributed by atoms with Crippen LogP contribution in [0.5, 0.6) is 57.5 Å². The second-order valence-corrected chi connectivity index (χ2v) is 33.4. The number of hydrogen-bond acceptors (Lipinski definition) is 10. The molecule has 0 radical (unpaired) electrons. The normalized spacial score (nSPS) is 12.8. The highest BCUT2D eigenvalue weighted by atomic mass is 16.5. The van der Waals surface area contributed by atoms with Gasteiger partial charge in [0.15, 0.2) is 57.5 Å². The molecule has 17 aromatic carbocycles. The van der Waals surface area contributed by atoms with Crippen LogP contribution in [0.25, 0.3) is 76.5 Å². The quantitative estimate of drug-likeness (QED) is 0.108. The van der Waals surface area contributed by atoms with Gasteiger partial charge in [0.1, 0.15) is 0 Å². The van der Waals surface area contributed by atoms with Gasteiger partial charge in [-0.2, -0.15) is 0 Å². The second kappa shape index (κ2) is 48.9. The summed E-state index contributed by atoms with van der Waals surface area (Å²) in [4.78, 5) is 11.1. The Kier molecular flexibility index (Phi) is 38.2. The molecule has 0 atom stereocenters. The Morgan fingerprint density at radius 3 is 0.921 bits per heavy atom. The summed E-state index contributed by atoms with van der Waals surface area (Å²) >= 11 is 0. The third kappa shape index (κ3) is 20.2. The molecule has 0 saturated carbocycles. The third-order valence-electron chi connectivity index (χ3n) is 25.6. The van der Waals surface area contributed by atoms with Crippen LogP contribution in [0.2, 0.25) is 0 Å². The first-order valence-corrected chi connectivity index (χ1v) is 50.6. The summed E-state index contributed by atoms with van der Waals surface area (Å²) in [5.41, 5.74) is 27.2. The summed E-state index contributed by atoms with van der Waals surface area (Å²) in [6.45, 7) is 53.8. The van der Waals surface area contributed by atoms with E-state index in [9.17, 15) is 0 Å². The molecule has 0 spiro atoms. The fraction of sp³-hybridized carbons (Fsp3) is 0.277. The lowest BCUT2D eigenvalue weighted by Crippen LogP contribution is -2.19. The van der Waals surface area contributed by atoms with E-state index in [4.69, 9.17) is 23.7 Å². The molecule has 3 aliphatic carbocycles. The van der Waals surface area contributed by atoms with Crippen molar-refractivity contribution in [2.45, 2.75) is 211 Å². The van der Waals surface area contributed by atoms with Gasteiger partial charge in [-0.05, 0) is 209 Å². The predicted octanol–water partition coefficient (Wildman–Crippen LogP) is 40.9. The van der Waals surface area contributed by atoms with Gasteiger partial charge >= 0.3 is 0 Å². The molecule has 0 amide bonds. The molecular formula is C130H155N5O5. The van der Waals surface area contributed by atoms with E-state index in [-0.39, 0.29) is 31.1 Å². The fourth-order valence-corrected chi connectivity index (χ4v) is 19.4. The molecule has 10 nitrogen and oxygen atoms in total. The first-order chi connectivity index (χ1) is 67.4. The standard InChI is InChI=1S/3C22H19NO.2C21H15NO.10C2H6.2CH4/c1-22(2)16-9-5-4-8-14(16)15-12-21-19(13-17(15)22)23(3)18-10-6-7-11-20(18)24-21;1-22(2)16-9-5-4-8-14(16)15-12-19-21(13-17(15)22)24-20-11-7-6-10-18(20)23(19)3;1-22(2)15-9-5-4-8-14(15)20-16(22)12-13-18-21(20)24-19-11-7-6-10-17(19)23(18)3;1-22-18-12-6-7-13-19(18)23-21-17-11-5-3-9-15(17)14-8-2-4-10-16(14)20(21)22;1-22-18-8-4-5-9-20(18)23-21-13-17-11-15-7-3-2-6-14(15)10-16(17)12-19(21)22;10*1-2;;/h3*4-13H,1-3H3;2*2-13H,1H3;10*1-2H3;2*1H4. The van der Waals surface area contributed by atoms with Crippen LogP contribution in [-0.2, 0) is 16.2 Å². The van der Waals surface area contributed by atoms with Gasteiger partial charge in [-0.3, -0.25) is 0 Å². The lowest BCUT2D eigenvalue weighted by molar-refractivity contribution is 0.473. The van der Waals surface area contributed by atoms with Crippen LogP contribution < -0.4 is 48.2 Å². The van der Waals surface area contributed by atoms with E-state index in [0.29, 0.717) is 0 Å². The summed E-state index contributed by atoms with van der Waals surface area (Å²) in [5, 5.41) is 9.82. The molecule has 0 unspecified atom stereocenters. The number of anilines is 10. The predicted molar refractivity (Wildman–Crippen MR) is 615 cm³/mol. The van der Waals surface area contributed by atoms with Crippen LogP contribution in [0, 0.1) is 0 Å². The molecular weight excluding hydrogens is 1710 g/mol. The summed E-state index contributed by atoms with van der Waals surface area (Å²) in [7, 11) is 10.5. The van der Waals surface area contributed by atoms with Crippen LogP contribution in [-0.4, -0.2) is 35.2 Å². The molecule has 5 aliphatic heterocycles. The second-order valence-electron chi connectivity index (χ2n) is 33.4. The highest BCUT2D eigenvalue weighted by Gasteiger charge is 2.42. The largest absolute Gasteiger partial charge is 0.453 e. The Morgan fingerprint density at radius 2 is 0.471 bits per heavy atom. The van der Waals surface area contributed by atoms with Crippen molar-refractivity contribution >= 4 is 100.0 Å². The number of benzene rings is 17. The number of rotatable bonds is 0. The van der Waals surface area contributed by atoms with Gasteiger partial charge in [0.2, 0.25) is 0 Å². The topological polar surface area (TPSA) is 62.3 Å². The van der Waals surface area contributed by atoms with Gasteiger partial charge in [-0.15, -0.1) is 0 Å². The SMILES string of the molecule is C.C.CC.CC.CC.CC.CC.CC.CC.CC.CC.CC.CN1c2ccccc2Oc2c1c1ccccc1c1ccccc21.CN1c2ccccc2Oc2c1ccc1c2-c2ccccc2C1(C)C.CN1c2ccccc2Oc2cc3c(cc21)-c1ccccc1C3(C)C.CN1c2ccccc2Oc2cc3c(cc21)C(C)(C)c1ccccc1-3.CN1c2ccccc2Oc2cc3cc4ccccc4cc3cc21. The third-order valence-corrected chi connectivity index (χ3v) is 25.6. The van der Waals surface area contributed by atoms with E-state index in [1.165, 1.54) is 104 Å². The zero-order chi connectivity index (χ0) is 100. The fourth-order valence-electron chi connectivity index (χ4n) is 19.4.